The Balaban J connectivity index is 1.80. The molecular weight excluding hydrogens is 360 g/mol. The molecule has 5 nitrogen and oxygen atoms in total. The van der Waals surface area contributed by atoms with Crippen LogP contribution < -0.4 is 15.4 Å². The fourth-order valence-electron chi connectivity index (χ4n) is 2.56. The summed E-state index contributed by atoms with van der Waals surface area (Å²) in [5, 5.41) is 5.82. The lowest BCUT2D eigenvalue weighted by molar-refractivity contribution is -0.112. The number of methoxy groups -OCH3 is 1. The van der Waals surface area contributed by atoms with Gasteiger partial charge in [-0.05, 0) is 55.3 Å². The van der Waals surface area contributed by atoms with E-state index in [9.17, 15) is 9.59 Å². The Morgan fingerprint density at radius 1 is 1.26 bits per heavy atom. The molecule has 0 bridgehead atoms. The predicted molar refractivity (Wildman–Crippen MR) is 109 cm³/mol. The number of amides is 2. The van der Waals surface area contributed by atoms with Crippen molar-refractivity contribution in [2.24, 2.45) is 0 Å². The Morgan fingerprint density at radius 3 is 2.67 bits per heavy atom. The van der Waals surface area contributed by atoms with Crippen molar-refractivity contribution in [3.05, 3.63) is 58.5 Å². The van der Waals surface area contributed by atoms with Crippen LogP contribution in [0, 0.1) is 0 Å². The molecule has 0 saturated heterocycles. The van der Waals surface area contributed by atoms with Gasteiger partial charge in [-0.1, -0.05) is 30.8 Å². The minimum atomic E-state index is -0.178. The summed E-state index contributed by atoms with van der Waals surface area (Å²) in [7, 11) is 1.62. The number of benzene rings is 2. The number of hydrogen-bond acceptors (Lipinski definition) is 4. The maximum Gasteiger partial charge on any atom is 0.262 e. The molecule has 0 radical (unpaired) electrons. The first-order valence-corrected chi connectivity index (χ1v) is 9.61. The van der Waals surface area contributed by atoms with E-state index in [0.29, 0.717) is 16.2 Å². The largest absolute Gasteiger partial charge is 0.497 e. The second kappa shape index (κ2) is 8.31. The quantitative estimate of drug-likeness (QED) is 0.756. The highest BCUT2D eigenvalue weighted by atomic mass is 32.2. The highest BCUT2D eigenvalue weighted by Gasteiger charge is 2.22. The summed E-state index contributed by atoms with van der Waals surface area (Å²) < 4.78 is 5.15. The number of carbonyl (C=O) groups excluding carboxylic acids is 2. The zero-order chi connectivity index (χ0) is 19.4. The van der Waals surface area contributed by atoms with Crippen molar-refractivity contribution in [2.45, 2.75) is 31.2 Å². The predicted octanol–water partition coefficient (Wildman–Crippen LogP) is 4.31. The summed E-state index contributed by atoms with van der Waals surface area (Å²) in [5.74, 6) is 0.459. The zero-order valence-electron chi connectivity index (χ0n) is 15.5. The molecule has 0 aliphatic carbocycles. The molecule has 1 heterocycles. The van der Waals surface area contributed by atoms with Gasteiger partial charge in [0.15, 0.2) is 0 Å². The molecule has 1 atom stereocenters. The van der Waals surface area contributed by atoms with Gasteiger partial charge in [0.25, 0.3) is 11.8 Å². The monoisotopic (exact) mass is 382 g/mol. The summed E-state index contributed by atoms with van der Waals surface area (Å²) in [6.07, 6.45) is 2.70. The van der Waals surface area contributed by atoms with E-state index >= 15 is 0 Å². The van der Waals surface area contributed by atoms with Crippen molar-refractivity contribution in [1.29, 1.82) is 0 Å². The van der Waals surface area contributed by atoms with Crippen molar-refractivity contribution in [2.75, 3.05) is 12.4 Å². The number of anilines is 1. The third-order valence-corrected chi connectivity index (χ3v) is 5.44. The van der Waals surface area contributed by atoms with Crippen LogP contribution in [0.3, 0.4) is 0 Å². The Bertz CT molecular complexity index is 891. The molecule has 140 valence electrons. The van der Waals surface area contributed by atoms with Crippen LogP contribution in [0.1, 0.15) is 36.2 Å². The standard InChI is InChI=1S/C21H22N2O3S/c1-4-13(2)22-20(24)15-7-10-18-17(12-15)23-21(25)19(27-18)11-14-5-8-16(26-3)9-6-14/h5-13H,4H2,1-3H3,(H,22,24)(H,23,25)/b19-11+. The third kappa shape index (κ3) is 4.52. The molecule has 27 heavy (non-hydrogen) atoms. The van der Waals surface area contributed by atoms with Crippen LogP contribution in [0.25, 0.3) is 6.08 Å². The van der Waals surface area contributed by atoms with E-state index in [1.54, 1.807) is 19.2 Å². The minimum Gasteiger partial charge on any atom is -0.497 e. The molecule has 1 aliphatic rings. The Morgan fingerprint density at radius 2 is 2.00 bits per heavy atom. The smallest absolute Gasteiger partial charge is 0.262 e. The molecule has 3 rings (SSSR count). The number of thioether (sulfide) groups is 1. The maximum absolute atomic E-state index is 12.5. The van der Waals surface area contributed by atoms with Gasteiger partial charge in [0, 0.05) is 16.5 Å². The van der Waals surface area contributed by atoms with Crippen molar-refractivity contribution in [3.8, 4) is 5.75 Å². The number of carbonyl (C=O) groups is 2. The van der Waals surface area contributed by atoms with E-state index in [2.05, 4.69) is 10.6 Å². The number of ether oxygens (including phenoxy) is 1. The molecule has 0 saturated carbocycles. The van der Waals surface area contributed by atoms with Gasteiger partial charge in [-0.15, -0.1) is 0 Å². The van der Waals surface area contributed by atoms with Gasteiger partial charge in [0.05, 0.1) is 17.7 Å². The number of fused-ring (bicyclic) bond motifs is 1. The molecule has 2 aromatic rings. The lowest BCUT2D eigenvalue weighted by atomic mass is 10.1. The van der Waals surface area contributed by atoms with Crippen molar-refractivity contribution >= 4 is 35.3 Å². The molecule has 0 spiro atoms. The van der Waals surface area contributed by atoms with E-state index in [4.69, 9.17) is 4.74 Å². The van der Waals surface area contributed by atoms with Crippen molar-refractivity contribution in [3.63, 3.8) is 0 Å². The van der Waals surface area contributed by atoms with Crippen molar-refractivity contribution < 1.29 is 14.3 Å². The van der Waals surface area contributed by atoms with Crippen LogP contribution in [0.5, 0.6) is 5.75 Å². The van der Waals surface area contributed by atoms with Gasteiger partial charge in [0.2, 0.25) is 0 Å². The van der Waals surface area contributed by atoms with Gasteiger partial charge in [-0.3, -0.25) is 9.59 Å². The second-order valence-corrected chi connectivity index (χ2v) is 7.42. The van der Waals surface area contributed by atoms with Gasteiger partial charge in [0.1, 0.15) is 5.75 Å². The van der Waals surface area contributed by atoms with Crippen LogP contribution in [0.15, 0.2) is 52.3 Å². The topological polar surface area (TPSA) is 67.4 Å². The summed E-state index contributed by atoms with van der Waals surface area (Å²) in [4.78, 5) is 26.3. The lowest BCUT2D eigenvalue weighted by Crippen LogP contribution is -2.32. The van der Waals surface area contributed by atoms with E-state index < -0.39 is 0 Å². The maximum atomic E-state index is 12.5. The van der Waals surface area contributed by atoms with E-state index in [1.165, 1.54) is 11.8 Å². The van der Waals surface area contributed by atoms with Crippen LogP contribution >= 0.6 is 11.8 Å². The highest BCUT2D eigenvalue weighted by Crippen LogP contribution is 2.39. The summed E-state index contributed by atoms with van der Waals surface area (Å²) in [6, 6.07) is 13.0. The molecule has 1 unspecified atom stereocenters. The number of hydrogen-bond donors (Lipinski definition) is 2. The molecule has 2 amide bonds. The van der Waals surface area contributed by atoms with Crippen LogP contribution in [0.2, 0.25) is 0 Å². The average molecular weight is 382 g/mol. The molecule has 2 N–H and O–H groups in total. The fraction of sp³-hybridized carbons (Fsp3) is 0.238. The highest BCUT2D eigenvalue weighted by molar-refractivity contribution is 8.04. The minimum absolute atomic E-state index is 0.108. The van der Waals surface area contributed by atoms with Gasteiger partial charge >= 0.3 is 0 Å². The molecule has 6 heteroatoms. The van der Waals surface area contributed by atoms with E-state index in [0.717, 1.165) is 22.6 Å². The normalized spacial score (nSPS) is 15.7. The zero-order valence-corrected chi connectivity index (χ0v) is 16.4. The fourth-order valence-corrected chi connectivity index (χ4v) is 3.49. The van der Waals surface area contributed by atoms with E-state index in [-0.39, 0.29) is 17.9 Å². The van der Waals surface area contributed by atoms with Crippen molar-refractivity contribution in [1.82, 2.24) is 5.32 Å². The van der Waals surface area contributed by atoms with Crippen LogP contribution in [-0.2, 0) is 4.79 Å². The van der Waals surface area contributed by atoms with Gasteiger partial charge in [-0.2, -0.15) is 0 Å². The summed E-state index contributed by atoms with van der Waals surface area (Å²) in [5.41, 5.74) is 2.12. The third-order valence-electron chi connectivity index (χ3n) is 4.34. The Hall–Kier alpha value is -2.73. The first kappa shape index (κ1) is 19.0. The van der Waals surface area contributed by atoms with E-state index in [1.807, 2.05) is 50.3 Å². The average Bonchev–Trinajstić information content (AvgIpc) is 2.68. The summed E-state index contributed by atoms with van der Waals surface area (Å²) in [6.45, 7) is 3.98. The first-order chi connectivity index (χ1) is 13.0. The number of rotatable bonds is 5. The molecule has 0 fully saturated rings. The Kier molecular flexibility index (Phi) is 5.86. The number of nitrogens with one attached hydrogen (secondary N) is 2. The molecule has 1 aliphatic heterocycles. The van der Waals surface area contributed by atoms with Crippen LogP contribution in [-0.4, -0.2) is 25.0 Å². The lowest BCUT2D eigenvalue weighted by Gasteiger charge is -2.20. The van der Waals surface area contributed by atoms with Crippen LogP contribution in [0.4, 0.5) is 5.69 Å². The first-order valence-electron chi connectivity index (χ1n) is 8.80. The SMILES string of the molecule is CCC(C)NC(=O)c1ccc2c(c1)NC(=O)/C(=C\c1ccc(OC)cc1)S2. The van der Waals surface area contributed by atoms with Gasteiger partial charge < -0.3 is 15.4 Å². The Labute approximate surface area is 163 Å². The molecule has 2 aromatic carbocycles. The summed E-state index contributed by atoms with van der Waals surface area (Å²) >= 11 is 1.39. The second-order valence-electron chi connectivity index (χ2n) is 6.33. The van der Waals surface area contributed by atoms with Gasteiger partial charge in [-0.25, -0.2) is 0 Å². The molecule has 0 aromatic heterocycles. The molecular formula is C21H22N2O3S.